The van der Waals surface area contributed by atoms with Gasteiger partial charge in [-0.2, -0.15) is 0 Å². The molecule has 2 N–H and O–H groups in total. The molecule has 20 heavy (non-hydrogen) atoms. The van der Waals surface area contributed by atoms with Crippen molar-refractivity contribution < 1.29 is 24.5 Å². The van der Waals surface area contributed by atoms with Crippen molar-refractivity contribution in [2.75, 3.05) is 19.7 Å². The van der Waals surface area contributed by atoms with Gasteiger partial charge in [0.1, 0.15) is 0 Å². The van der Waals surface area contributed by atoms with E-state index in [4.69, 9.17) is 14.9 Å². The molecule has 1 aliphatic carbocycles. The predicted octanol–water partition coefficient (Wildman–Crippen LogP) is 1.34. The summed E-state index contributed by atoms with van der Waals surface area (Å²) in [5.74, 6) is -1.95. The van der Waals surface area contributed by atoms with E-state index in [1.54, 1.807) is 4.90 Å². The lowest BCUT2D eigenvalue weighted by Gasteiger charge is -2.46. The lowest BCUT2D eigenvalue weighted by molar-refractivity contribution is -0.150. The molecule has 0 aromatic carbocycles. The molecule has 0 aromatic heterocycles. The highest BCUT2D eigenvalue weighted by molar-refractivity contribution is 5.72. The summed E-state index contributed by atoms with van der Waals surface area (Å²) in [7, 11) is 0. The van der Waals surface area contributed by atoms with Crippen molar-refractivity contribution >= 4 is 11.9 Å². The second-order valence-electron chi connectivity index (χ2n) is 5.93. The molecule has 2 fully saturated rings. The maximum atomic E-state index is 10.9. The maximum Gasteiger partial charge on any atom is 0.317 e. The molecule has 1 heterocycles. The van der Waals surface area contributed by atoms with Gasteiger partial charge in [0, 0.05) is 12.6 Å². The molecule has 0 bridgehead atoms. The monoisotopic (exact) mass is 285 g/mol. The minimum atomic E-state index is -0.976. The topological polar surface area (TPSA) is 87.1 Å². The molecular formula is C14H23NO5. The second-order valence-corrected chi connectivity index (χ2v) is 5.93. The number of carboxylic acid groups (broad SMARTS) is 2. The second kappa shape index (κ2) is 6.54. The lowest BCUT2D eigenvalue weighted by atomic mass is 9.78. The molecule has 2 aliphatic rings. The zero-order valence-corrected chi connectivity index (χ0v) is 11.7. The van der Waals surface area contributed by atoms with Crippen LogP contribution in [0, 0.1) is 0 Å². The SMILES string of the molecule is O=C(O)CN(CC(=O)O)C1CCOC2(CCCCC2)C1. The molecule has 1 unspecified atom stereocenters. The Hall–Kier alpha value is -1.14. The van der Waals surface area contributed by atoms with Gasteiger partial charge in [0.2, 0.25) is 0 Å². The Balaban J connectivity index is 2.03. The van der Waals surface area contributed by atoms with E-state index in [0.29, 0.717) is 13.0 Å². The molecule has 1 aliphatic heterocycles. The first-order chi connectivity index (χ1) is 9.51. The number of nitrogens with zero attached hydrogens (tertiary/aromatic N) is 1. The van der Waals surface area contributed by atoms with Gasteiger partial charge >= 0.3 is 11.9 Å². The van der Waals surface area contributed by atoms with Crippen LogP contribution in [0.5, 0.6) is 0 Å². The molecule has 1 spiro atoms. The van der Waals surface area contributed by atoms with E-state index in [2.05, 4.69) is 0 Å². The number of hydrogen-bond acceptors (Lipinski definition) is 4. The number of carbonyl (C=O) groups is 2. The van der Waals surface area contributed by atoms with Crippen molar-refractivity contribution in [2.45, 2.75) is 56.6 Å². The van der Waals surface area contributed by atoms with E-state index in [-0.39, 0.29) is 24.7 Å². The summed E-state index contributed by atoms with van der Waals surface area (Å²) in [5, 5.41) is 17.9. The molecule has 114 valence electrons. The van der Waals surface area contributed by atoms with Crippen molar-refractivity contribution in [3.63, 3.8) is 0 Å². The van der Waals surface area contributed by atoms with Crippen molar-refractivity contribution in [2.24, 2.45) is 0 Å². The van der Waals surface area contributed by atoms with E-state index in [9.17, 15) is 9.59 Å². The van der Waals surface area contributed by atoms with E-state index in [1.165, 1.54) is 6.42 Å². The summed E-state index contributed by atoms with van der Waals surface area (Å²) in [6.07, 6.45) is 7.00. The third-order valence-corrected chi connectivity index (χ3v) is 4.42. The predicted molar refractivity (Wildman–Crippen MR) is 71.6 cm³/mol. The zero-order chi connectivity index (χ0) is 14.6. The summed E-state index contributed by atoms with van der Waals surface area (Å²) in [6, 6.07) is -0.00551. The lowest BCUT2D eigenvalue weighted by Crippen LogP contribution is -2.51. The smallest absolute Gasteiger partial charge is 0.317 e. The van der Waals surface area contributed by atoms with E-state index in [0.717, 1.165) is 32.1 Å². The molecule has 1 saturated carbocycles. The van der Waals surface area contributed by atoms with Gasteiger partial charge in [-0.15, -0.1) is 0 Å². The number of hydrogen-bond donors (Lipinski definition) is 2. The molecule has 1 atom stereocenters. The van der Waals surface area contributed by atoms with Crippen molar-refractivity contribution in [1.82, 2.24) is 4.90 Å². The molecule has 0 amide bonds. The van der Waals surface area contributed by atoms with Crippen LogP contribution in [0.3, 0.4) is 0 Å². The zero-order valence-electron chi connectivity index (χ0n) is 11.7. The normalized spacial score (nSPS) is 25.8. The molecular weight excluding hydrogens is 262 g/mol. The summed E-state index contributed by atoms with van der Waals surface area (Å²) >= 11 is 0. The van der Waals surface area contributed by atoms with Crippen LogP contribution >= 0.6 is 0 Å². The average Bonchev–Trinajstić information content (AvgIpc) is 2.38. The third kappa shape index (κ3) is 3.93. The van der Waals surface area contributed by atoms with Gasteiger partial charge < -0.3 is 14.9 Å². The number of aliphatic carboxylic acids is 2. The van der Waals surface area contributed by atoms with Crippen LogP contribution in [0.15, 0.2) is 0 Å². The van der Waals surface area contributed by atoms with Gasteiger partial charge in [0.25, 0.3) is 0 Å². The van der Waals surface area contributed by atoms with Crippen LogP contribution in [-0.2, 0) is 14.3 Å². The van der Waals surface area contributed by atoms with Crippen LogP contribution in [0.2, 0.25) is 0 Å². The summed E-state index contributed by atoms with van der Waals surface area (Å²) in [6.45, 7) is 0.167. The highest BCUT2D eigenvalue weighted by atomic mass is 16.5. The molecule has 2 rings (SSSR count). The average molecular weight is 285 g/mol. The van der Waals surface area contributed by atoms with Gasteiger partial charge in [-0.3, -0.25) is 14.5 Å². The van der Waals surface area contributed by atoms with Crippen molar-refractivity contribution in [1.29, 1.82) is 0 Å². The molecule has 0 aromatic rings. The standard InChI is InChI=1S/C14H23NO5/c16-12(17)9-15(10-13(18)19)11-4-7-20-14(8-11)5-2-1-3-6-14/h11H,1-10H2,(H,16,17)(H,18,19). The quantitative estimate of drug-likeness (QED) is 0.792. The van der Waals surface area contributed by atoms with Gasteiger partial charge in [0.05, 0.1) is 18.7 Å². The van der Waals surface area contributed by atoms with Crippen molar-refractivity contribution in [3.05, 3.63) is 0 Å². The molecule has 6 heteroatoms. The Bertz CT molecular complexity index is 343. The third-order valence-electron chi connectivity index (χ3n) is 4.42. The molecule has 6 nitrogen and oxygen atoms in total. The van der Waals surface area contributed by atoms with Gasteiger partial charge in [0.15, 0.2) is 0 Å². The van der Waals surface area contributed by atoms with Crippen LogP contribution < -0.4 is 0 Å². The van der Waals surface area contributed by atoms with Gasteiger partial charge in [-0.05, 0) is 25.7 Å². The Labute approximate surface area is 118 Å². The van der Waals surface area contributed by atoms with Crippen LogP contribution in [0.1, 0.15) is 44.9 Å². The summed E-state index contributed by atoms with van der Waals surface area (Å²) in [5.41, 5.74) is -0.142. The number of ether oxygens (including phenoxy) is 1. The first-order valence-corrected chi connectivity index (χ1v) is 7.32. The van der Waals surface area contributed by atoms with Crippen LogP contribution in [0.4, 0.5) is 0 Å². The highest BCUT2D eigenvalue weighted by Gasteiger charge is 2.40. The minimum Gasteiger partial charge on any atom is -0.480 e. The Morgan fingerprint density at radius 3 is 2.25 bits per heavy atom. The first kappa shape index (κ1) is 15.3. The highest BCUT2D eigenvalue weighted by Crippen LogP contribution is 2.39. The summed E-state index contributed by atoms with van der Waals surface area (Å²) < 4.78 is 5.98. The van der Waals surface area contributed by atoms with Gasteiger partial charge in [-0.1, -0.05) is 19.3 Å². The fourth-order valence-corrected chi connectivity index (χ4v) is 3.52. The molecule has 0 radical (unpaired) electrons. The maximum absolute atomic E-state index is 10.9. The summed E-state index contributed by atoms with van der Waals surface area (Å²) in [4.78, 5) is 23.4. The Morgan fingerprint density at radius 1 is 1.10 bits per heavy atom. The first-order valence-electron chi connectivity index (χ1n) is 7.32. The largest absolute Gasteiger partial charge is 0.480 e. The fourth-order valence-electron chi connectivity index (χ4n) is 3.52. The number of carboxylic acids is 2. The fraction of sp³-hybridized carbons (Fsp3) is 0.857. The number of rotatable bonds is 5. The van der Waals surface area contributed by atoms with E-state index >= 15 is 0 Å². The van der Waals surface area contributed by atoms with E-state index in [1.807, 2.05) is 0 Å². The Kier molecular flexibility index (Phi) is 4.99. The van der Waals surface area contributed by atoms with Crippen LogP contribution in [0.25, 0.3) is 0 Å². The minimum absolute atomic E-state index is 0.00551. The van der Waals surface area contributed by atoms with Gasteiger partial charge in [-0.25, -0.2) is 0 Å². The van der Waals surface area contributed by atoms with E-state index < -0.39 is 11.9 Å². The Morgan fingerprint density at radius 2 is 1.70 bits per heavy atom. The van der Waals surface area contributed by atoms with Crippen molar-refractivity contribution in [3.8, 4) is 0 Å². The van der Waals surface area contributed by atoms with Crippen LogP contribution in [-0.4, -0.2) is 58.4 Å². The molecule has 1 saturated heterocycles.